The highest BCUT2D eigenvalue weighted by atomic mass is 16.2. The molecule has 2 amide bonds. The number of carbonyl (C=O) groups is 1. The van der Waals surface area contributed by atoms with Crippen LogP contribution in [0.5, 0.6) is 0 Å². The van der Waals surface area contributed by atoms with Crippen molar-refractivity contribution < 1.29 is 4.79 Å². The fraction of sp³-hybridized carbons (Fsp3) is 0.308. The summed E-state index contributed by atoms with van der Waals surface area (Å²) in [6.45, 7) is 5.28. The molecule has 0 bridgehead atoms. The Morgan fingerprint density at radius 3 is 2.47 bits per heavy atom. The lowest BCUT2D eigenvalue weighted by Gasteiger charge is -2.28. The first kappa shape index (κ1) is 20.1. The van der Waals surface area contributed by atoms with E-state index in [0.29, 0.717) is 19.0 Å². The smallest absolute Gasteiger partial charge is 0.318 e. The van der Waals surface area contributed by atoms with Gasteiger partial charge in [0, 0.05) is 25.5 Å². The van der Waals surface area contributed by atoms with Gasteiger partial charge >= 0.3 is 6.03 Å². The third-order valence-corrected chi connectivity index (χ3v) is 5.81. The minimum atomic E-state index is -0.0282. The second kappa shape index (κ2) is 9.12. The van der Waals surface area contributed by atoms with E-state index < -0.39 is 0 Å². The maximum atomic E-state index is 13.4. The molecule has 0 radical (unpaired) electrons. The third kappa shape index (κ3) is 5.07. The van der Waals surface area contributed by atoms with Crippen molar-refractivity contribution in [2.24, 2.45) is 5.92 Å². The van der Waals surface area contributed by atoms with E-state index in [4.69, 9.17) is 0 Å². The number of rotatable bonds is 7. The number of pyridine rings is 1. The van der Waals surface area contributed by atoms with Crippen LogP contribution in [0.3, 0.4) is 0 Å². The van der Waals surface area contributed by atoms with Crippen LogP contribution in [0.1, 0.15) is 46.7 Å². The standard InChI is InChI=1S/C26H29N3O/c1-19-9-11-22(12-10-19)25(23-13-14-23)28-26(30)29(17-21-7-5-15-27-16-21)18-24-8-4-3-6-20(24)2/h3-12,15-16,23,25H,13-14,17-18H2,1-2H3,(H,28,30). The molecule has 4 rings (SSSR count). The third-order valence-electron chi connectivity index (χ3n) is 5.81. The fourth-order valence-electron chi connectivity index (χ4n) is 3.81. The van der Waals surface area contributed by atoms with Crippen molar-refractivity contribution in [3.05, 3.63) is 101 Å². The number of hydrogen-bond acceptors (Lipinski definition) is 2. The van der Waals surface area contributed by atoms with Crippen LogP contribution in [0.2, 0.25) is 0 Å². The van der Waals surface area contributed by atoms with E-state index in [0.717, 1.165) is 11.1 Å². The lowest BCUT2D eigenvalue weighted by Crippen LogP contribution is -2.41. The largest absolute Gasteiger partial charge is 0.331 e. The van der Waals surface area contributed by atoms with Crippen molar-refractivity contribution in [1.82, 2.24) is 15.2 Å². The van der Waals surface area contributed by atoms with Crippen LogP contribution >= 0.6 is 0 Å². The first-order chi connectivity index (χ1) is 14.6. The van der Waals surface area contributed by atoms with Crippen LogP contribution < -0.4 is 5.32 Å². The Bertz CT molecular complexity index is 981. The fourth-order valence-corrected chi connectivity index (χ4v) is 3.81. The van der Waals surface area contributed by atoms with Crippen LogP contribution in [0.4, 0.5) is 4.79 Å². The summed E-state index contributed by atoms with van der Waals surface area (Å²) in [4.78, 5) is 19.6. The van der Waals surface area contributed by atoms with Crippen molar-refractivity contribution in [3.8, 4) is 0 Å². The number of benzene rings is 2. The summed E-state index contributed by atoms with van der Waals surface area (Å²) >= 11 is 0. The van der Waals surface area contributed by atoms with E-state index in [9.17, 15) is 4.79 Å². The van der Waals surface area contributed by atoms with E-state index in [1.54, 1.807) is 6.20 Å². The summed E-state index contributed by atoms with van der Waals surface area (Å²) in [6, 6.07) is 20.7. The summed E-state index contributed by atoms with van der Waals surface area (Å²) < 4.78 is 0. The Balaban J connectivity index is 1.56. The lowest BCUT2D eigenvalue weighted by molar-refractivity contribution is 0.186. The molecule has 0 aliphatic heterocycles. The zero-order valence-corrected chi connectivity index (χ0v) is 17.7. The summed E-state index contributed by atoms with van der Waals surface area (Å²) in [5.74, 6) is 0.523. The van der Waals surface area contributed by atoms with E-state index >= 15 is 0 Å². The molecule has 154 valence electrons. The number of hydrogen-bond donors (Lipinski definition) is 1. The first-order valence-electron chi connectivity index (χ1n) is 10.7. The number of aryl methyl sites for hydroxylation is 2. The molecule has 0 spiro atoms. The predicted octanol–water partition coefficient (Wildman–Crippen LogP) is 5.56. The first-order valence-corrected chi connectivity index (χ1v) is 10.7. The van der Waals surface area contributed by atoms with Gasteiger partial charge in [-0.05, 0) is 60.9 Å². The molecular formula is C26H29N3O. The molecule has 4 heteroatoms. The molecule has 1 atom stereocenters. The van der Waals surface area contributed by atoms with Gasteiger partial charge in [-0.25, -0.2) is 4.79 Å². The number of nitrogens with zero attached hydrogens (tertiary/aromatic N) is 2. The normalized spacial score (nSPS) is 14.2. The topological polar surface area (TPSA) is 45.2 Å². The summed E-state index contributed by atoms with van der Waals surface area (Å²) in [5, 5.41) is 3.34. The van der Waals surface area contributed by atoms with Gasteiger partial charge in [-0.2, -0.15) is 0 Å². The highest BCUT2D eigenvalue weighted by Gasteiger charge is 2.34. The molecule has 1 aliphatic rings. The average molecular weight is 400 g/mol. The Kier molecular flexibility index (Phi) is 6.12. The number of nitrogens with one attached hydrogen (secondary N) is 1. The van der Waals surface area contributed by atoms with Gasteiger partial charge in [-0.3, -0.25) is 4.98 Å². The molecule has 1 heterocycles. The van der Waals surface area contributed by atoms with Crippen molar-refractivity contribution >= 4 is 6.03 Å². The van der Waals surface area contributed by atoms with Crippen LogP contribution in [-0.2, 0) is 13.1 Å². The number of amides is 2. The van der Waals surface area contributed by atoms with Gasteiger partial charge in [-0.1, -0.05) is 60.2 Å². The van der Waals surface area contributed by atoms with E-state index in [1.807, 2.05) is 35.4 Å². The van der Waals surface area contributed by atoms with Crippen molar-refractivity contribution in [2.45, 2.75) is 45.8 Å². The lowest BCUT2D eigenvalue weighted by atomic mass is 10.0. The van der Waals surface area contributed by atoms with Crippen molar-refractivity contribution in [2.75, 3.05) is 0 Å². The van der Waals surface area contributed by atoms with Crippen LogP contribution in [-0.4, -0.2) is 15.9 Å². The summed E-state index contributed by atoms with van der Waals surface area (Å²) in [7, 11) is 0. The number of aromatic nitrogens is 1. The minimum absolute atomic E-state index is 0.0282. The zero-order chi connectivity index (χ0) is 20.9. The zero-order valence-electron chi connectivity index (χ0n) is 17.7. The van der Waals surface area contributed by atoms with Gasteiger partial charge < -0.3 is 10.2 Å². The quantitative estimate of drug-likeness (QED) is 0.565. The molecule has 1 fully saturated rings. The van der Waals surface area contributed by atoms with Gasteiger partial charge in [0.1, 0.15) is 0 Å². The minimum Gasteiger partial charge on any atom is -0.331 e. The molecular weight excluding hydrogens is 370 g/mol. The van der Waals surface area contributed by atoms with Crippen molar-refractivity contribution in [3.63, 3.8) is 0 Å². The molecule has 1 saturated carbocycles. The molecule has 4 nitrogen and oxygen atoms in total. The molecule has 0 saturated heterocycles. The highest BCUT2D eigenvalue weighted by Crippen LogP contribution is 2.41. The maximum absolute atomic E-state index is 13.4. The average Bonchev–Trinajstić information content (AvgIpc) is 3.60. The van der Waals surface area contributed by atoms with Crippen molar-refractivity contribution in [1.29, 1.82) is 0 Å². The maximum Gasteiger partial charge on any atom is 0.318 e. The van der Waals surface area contributed by atoms with Gasteiger partial charge in [0.2, 0.25) is 0 Å². The molecule has 3 aromatic rings. The van der Waals surface area contributed by atoms with Gasteiger partial charge in [0.05, 0.1) is 6.04 Å². The molecule has 1 aromatic heterocycles. The summed E-state index contributed by atoms with van der Waals surface area (Å²) in [5.41, 5.74) is 5.80. The molecule has 1 N–H and O–H groups in total. The van der Waals surface area contributed by atoms with Gasteiger partial charge in [-0.15, -0.1) is 0 Å². The van der Waals surface area contributed by atoms with Crippen LogP contribution in [0.15, 0.2) is 73.1 Å². The Labute approximate surface area is 179 Å². The van der Waals surface area contributed by atoms with E-state index in [2.05, 4.69) is 60.5 Å². The molecule has 1 unspecified atom stereocenters. The van der Waals surface area contributed by atoms with Gasteiger partial charge in [0.15, 0.2) is 0 Å². The molecule has 1 aliphatic carbocycles. The predicted molar refractivity (Wildman–Crippen MR) is 120 cm³/mol. The van der Waals surface area contributed by atoms with E-state index in [-0.39, 0.29) is 12.1 Å². The van der Waals surface area contributed by atoms with Crippen LogP contribution in [0.25, 0.3) is 0 Å². The SMILES string of the molecule is Cc1ccc(C(NC(=O)N(Cc2cccnc2)Cc2ccccc2C)C2CC2)cc1. The Morgan fingerprint density at radius 1 is 1.03 bits per heavy atom. The molecule has 2 aromatic carbocycles. The highest BCUT2D eigenvalue weighted by molar-refractivity contribution is 5.75. The van der Waals surface area contributed by atoms with E-state index in [1.165, 1.54) is 29.5 Å². The monoisotopic (exact) mass is 399 g/mol. The second-order valence-electron chi connectivity index (χ2n) is 8.32. The molecule has 30 heavy (non-hydrogen) atoms. The second-order valence-corrected chi connectivity index (χ2v) is 8.32. The summed E-state index contributed by atoms with van der Waals surface area (Å²) in [6.07, 6.45) is 5.92. The van der Waals surface area contributed by atoms with Gasteiger partial charge in [0.25, 0.3) is 0 Å². The van der Waals surface area contributed by atoms with Crippen LogP contribution in [0, 0.1) is 19.8 Å². The number of carbonyl (C=O) groups excluding carboxylic acids is 1. The Hall–Kier alpha value is -3.14. The Morgan fingerprint density at radius 2 is 1.80 bits per heavy atom. The number of urea groups is 1.